The van der Waals surface area contributed by atoms with Crippen LogP contribution in [0.3, 0.4) is 0 Å². The van der Waals surface area contributed by atoms with Crippen molar-refractivity contribution in [3.8, 4) is 17.2 Å². The molecule has 1 spiro atoms. The maximum Gasteiger partial charge on any atom is 0.130 e. The fourth-order valence-electron chi connectivity index (χ4n) is 3.13. The van der Waals surface area contributed by atoms with E-state index in [2.05, 4.69) is 5.32 Å². The smallest absolute Gasteiger partial charge is 0.130 e. The summed E-state index contributed by atoms with van der Waals surface area (Å²) in [4.78, 5) is 0. The highest BCUT2D eigenvalue weighted by Gasteiger charge is 2.40. The average Bonchev–Trinajstić information content (AvgIpc) is 2.87. The van der Waals surface area contributed by atoms with Gasteiger partial charge in [-0.15, -0.1) is 0 Å². The van der Waals surface area contributed by atoms with Gasteiger partial charge in [0.05, 0.1) is 13.2 Å². The summed E-state index contributed by atoms with van der Waals surface area (Å²) in [5, 5.41) is 3.41. The molecule has 4 nitrogen and oxygen atoms in total. The molecule has 1 fully saturated rings. The second-order valence-electron chi connectivity index (χ2n) is 5.48. The molecule has 0 bridgehead atoms. The van der Waals surface area contributed by atoms with Crippen molar-refractivity contribution in [1.82, 2.24) is 5.32 Å². The summed E-state index contributed by atoms with van der Waals surface area (Å²) in [5.74, 6) is 2.68. The van der Waals surface area contributed by atoms with Crippen molar-refractivity contribution in [2.24, 2.45) is 0 Å². The molecule has 1 atom stereocenters. The number of hydrogen-bond donors (Lipinski definition) is 1. The number of hydrogen-bond acceptors (Lipinski definition) is 4. The molecule has 1 N–H and O–H groups in total. The molecule has 0 amide bonds. The molecule has 20 heavy (non-hydrogen) atoms. The van der Waals surface area contributed by atoms with Crippen LogP contribution in [0, 0.1) is 0 Å². The molecule has 1 saturated heterocycles. The number of fused-ring (bicyclic) bond motifs is 1. The quantitative estimate of drug-likeness (QED) is 0.918. The van der Waals surface area contributed by atoms with Crippen LogP contribution in [0.25, 0.3) is 0 Å². The standard InChI is InChI=1S/C16H23NO3/c1-3-18-12-9-14(19-4-2)13-5-6-16(7-8-17-11-16)20-15(13)10-12/h9-10,17H,3-8,11H2,1-2H3. The Morgan fingerprint density at radius 2 is 2.05 bits per heavy atom. The van der Waals surface area contributed by atoms with Crippen molar-refractivity contribution in [1.29, 1.82) is 0 Å². The van der Waals surface area contributed by atoms with Crippen LogP contribution in [-0.4, -0.2) is 31.9 Å². The first-order valence-electron chi connectivity index (χ1n) is 7.58. The predicted octanol–water partition coefficient (Wildman–Crippen LogP) is 2.54. The maximum absolute atomic E-state index is 6.33. The summed E-state index contributed by atoms with van der Waals surface area (Å²) in [5.41, 5.74) is 1.16. The van der Waals surface area contributed by atoms with Crippen molar-refractivity contribution < 1.29 is 14.2 Å². The van der Waals surface area contributed by atoms with Gasteiger partial charge in [-0.3, -0.25) is 0 Å². The molecular formula is C16H23NO3. The van der Waals surface area contributed by atoms with Crippen molar-refractivity contribution >= 4 is 0 Å². The molecule has 110 valence electrons. The van der Waals surface area contributed by atoms with E-state index in [-0.39, 0.29) is 5.60 Å². The van der Waals surface area contributed by atoms with Gasteiger partial charge >= 0.3 is 0 Å². The van der Waals surface area contributed by atoms with Gasteiger partial charge in [0.2, 0.25) is 0 Å². The first-order chi connectivity index (χ1) is 9.76. The molecule has 3 rings (SSSR count). The van der Waals surface area contributed by atoms with E-state index in [4.69, 9.17) is 14.2 Å². The van der Waals surface area contributed by atoms with Gasteiger partial charge in [0.1, 0.15) is 22.8 Å². The lowest BCUT2D eigenvalue weighted by Gasteiger charge is -2.35. The number of ether oxygens (including phenoxy) is 3. The summed E-state index contributed by atoms with van der Waals surface area (Å²) < 4.78 is 17.7. The SMILES string of the molecule is CCOc1cc(OCC)c2c(c1)OC1(CCNC1)CC2. The number of benzene rings is 1. The molecule has 0 aliphatic carbocycles. The summed E-state index contributed by atoms with van der Waals surface area (Å²) in [7, 11) is 0. The molecular weight excluding hydrogens is 254 g/mol. The Kier molecular flexibility index (Phi) is 3.74. The van der Waals surface area contributed by atoms with Crippen molar-refractivity contribution in [3.63, 3.8) is 0 Å². The maximum atomic E-state index is 6.33. The third kappa shape index (κ3) is 2.44. The Morgan fingerprint density at radius 1 is 1.20 bits per heavy atom. The van der Waals surface area contributed by atoms with Gasteiger partial charge in [-0.05, 0) is 33.2 Å². The monoisotopic (exact) mass is 277 g/mol. The molecule has 0 radical (unpaired) electrons. The minimum atomic E-state index is -0.0265. The van der Waals surface area contributed by atoms with Crippen LogP contribution in [0.15, 0.2) is 12.1 Å². The van der Waals surface area contributed by atoms with E-state index in [1.54, 1.807) is 0 Å². The minimum Gasteiger partial charge on any atom is -0.494 e. The lowest BCUT2D eigenvalue weighted by atomic mass is 9.90. The summed E-state index contributed by atoms with van der Waals surface area (Å²) in [6.07, 6.45) is 3.15. The van der Waals surface area contributed by atoms with Gasteiger partial charge in [-0.1, -0.05) is 0 Å². The van der Waals surface area contributed by atoms with Crippen LogP contribution in [0.1, 0.15) is 32.3 Å². The Balaban J connectivity index is 1.94. The van der Waals surface area contributed by atoms with Crippen molar-refractivity contribution in [3.05, 3.63) is 17.7 Å². The average molecular weight is 277 g/mol. The molecule has 0 saturated carbocycles. The van der Waals surface area contributed by atoms with Crippen LogP contribution in [0.2, 0.25) is 0 Å². The first-order valence-corrected chi connectivity index (χ1v) is 7.58. The van der Waals surface area contributed by atoms with Crippen LogP contribution < -0.4 is 19.5 Å². The van der Waals surface area contributed by atoms with E-state index in [0.29, 0.717) is 13.2 Å². The van der Waals surface area contributed by atoms with Crippen LogP contribution in [-0.2, 0) is 6.42 Å². The zero-order valence-electron chi connectivity index (χ0n) is 12.3. The van der Waals surface area contributed by atoms with Gasteiger partial charge in [0, 0.05) is 30.7 Å². The van der Waals surface area contributed by atoms with E-state index in [1.165, 1.54) is 5.56 Å². The van der Waals surface area contributed by atoms with Gasteiger partial charge in [-0.2, -0.15) is 0 Å². The molecule has 1 aromatic rings. The molecule has 2 aliphatic heterocycles. The Labute approximate surface area is 120 Å². The lowest BCUT2D eigenvalue weighted by molar-refractivity contribution is 0.0649. The van der Waals surface area contributed by atoms with E-state index in [0.717, 1.165) is 49.6 Å². The fourth-order valence-corrected chi connectivity index (χ4v) is 3.13. The van der Waals surface area contributed by atoms with E-state index in [1.807, 2.05) is 26.0 Å². The van der Waals surface area contributed by atoms with Gasteiger partial charge < -0.3 is 19.5 Å². The normalized spacial score (nSPS) is 24.3. The molecule has 4 heteroatoms. The second-order valence-corrected chi connectivity index (χ2v) is 5.48. The molecule has 1 aromatic carbocycles. The van der Waals surface area contributed by atoms with E-state index >= 15 is 0 Å². The molecule has 0 aromatic heterocycles. The minimum absolute atomic E-state index is 0.0265. The predicted molar refractivity (Wildman–Crippen MR) is 77.9 cm³/mol. The fraction of sp³-hybridized carbons (Fsp3) is 0.625. The van der Waals surface area contributed by atoms with Crippen molar-refractivity contribution in [2.45, 2.75) is 38.7 Å². The van der Waals surface area contributed by atoms with Gasteiger partial charge in [0.25, 0.3) is 0 Å². The summed E-state index contributed by atoms with van der Waals surface area (Å²) in [6.45, 7) is 7.29. The Hall–Kier alpha value is -1.42. The second kappa shape index (κ2) is 5.52. The third-order valence-electron chi connectivity index (χ3n) is 4.11. The van der Waals surface area contributed by atoms with E-state index < -0.39 is 0 Å². The zero-order valence-corrected chi connectivity index (χ0v) is 12.3. The molecule has 2 aliphatic rings. The summed E-state index contributed by atoms with van der Waals surface area (Å²) in [6, 6.07) is 4.00. The van der Waals surface area contributed by atoms with Crippen LogP contribution in [0.4, 0.5) is 0 Å². The third-order valence-corrected chi connectivity index (χ3v) is 4.11. The van der Waals surface area contributed by atoms with Crippen molar-refractivity contribution in [2.75, 3.05) is 26.3 Å². The topological polar surface area (TPSA) is 39.7 Å². The zero-order chi connectivity index (χ0) is 14.0. The molecule has 2 heterocycles. The highest BCUT2D eigenvalue weighted by atomic mass is 16.5. The van der Waals surface area contributed by atoms with Crippen LogP contribution >= 0.6 is 0 Å². The number of rotatable bonds is 4. The van der Waals surface area contributed by atoms with Gasteiger partial charge in [-0.25, -0.2) is 0 Å². The van der Waals surface area contributed by atoms with Gasteiger partial charge in [0.15, 0.2) is 0 Å². The highest BCUT2D eigenvalue weighted by Crippen LogP contribution is 2.43. The van der Waals surface area contributed by atoms with E-state index in [9.17, 15) is 0 Å². The first kappa shape index (κ1) is 13.6. The highest BCUT2D eigenvalue weighted by molar-refractivity contribution is 5.52. The largest absolute Gasteiger partial charge is 0.494 e. The Morgan fingerprint density at radius 3 is 2.75 bits per heavy atom. The summed E-state index contributed by atoms with van der Waals surface area (Å²) >= 11 is 0. The Bertz CT molecular complexity index is 481. The number of nitrogens with one attached hydrogen (secondary N) is 1. The molecule has 1 unspecified atom stereocenters. The lowest BCUT2D eigenvalue weighted by Crippen LogP contribution is -2.41. The van der Waals surface area contributed by atoms with Crippen LogP contribution in [0.5, 0.6) is 17.2 Å².